The number of Topliss-reactive ketones (excluding diaryl/α,β-unsaturated/α-hetero) is 1. The van der Waals surface area contributed by atoms with E-state index in [1.54, 1.807) is 13.8 Å². The quantitative estimate of drug-likeness (QED) is 0.775. The van der Waals surface area contributed by atoms with Crippen molar-refractivity contribution >= 4 is 17.4 Å². The molecule has 1 aromatic heterocycles. The Labute approximate surface area is 130 Å². The van der Waals surface area contributed by atoms with Gasteiger partial charge < -0.3 is 0 Å². The molecule has 4 rings (SSSR count). The van der Waals surface area contributed by atoms with Crippen LogP contribution in [0, 0.1) is 42.9 Å². The topological polar surface area (TPSA) is 42.9 Å². The average Bonchev–Trinajstić information content (AvgIpc) is 2.39. The molecule has 1 aromatic rings. The maximum atomic E-state index is 13.1. The zero-order valence-electron chi connectivity index (χ0n) is 12.0. The van der Waals surface area contributed by atoms with Gasteiger partial charge in [-0.15, -0.1) is 0 Å². The molecule has 0 N–H and O–H groups in total. The molecule has 2 atom stereocenters. The van der Waals surface area contributed by atoms with Crippen LogP contribution in [0.4, 0.5) is 13.2 Å². The first-order valence-electron chi connectivity index (χ1n) is 7.29. The Morgan fingerprint density at radius 2 is 1.73 bits per heavy atom. The standard InChI is InChI=1S/C15H14ClF3N2O/c1-5-6(2)21-13(16)11(20-5)12(22)9-7-3-14(15(17,18)19)4-8(9)10(7)14/h7-10H,3-4H2,1-2H3. The second-order valence-electron chi connectivity index (χ2n) is 6.84. The van der Waals surface area contributed by atoms with Gasteiger partial charge in [0.2, 0.25) is 0 Å². The third-order valence-electron chi connectivity index (χ3n) is 6.05. The molecule has 0 spiro atoms. The molecule has 3 fully saturated rings. The van der Waals surface area contributed by atoms with Crippen molar-refractivity contribution in [1.29, 1.82) is 0 Å². The molecule has 0 aromatic carbocycles. The molecule has 1 heterocycles. The van der Waals surface area contributed by atoms with Gasteiger partial charge >= 0.3 is 6.18 Å². The largest absolute Gasteiger partial charge is 0.394 e. The molecule has 0 radical (unpaired) electrons. The van der Waals surface area contributed by atoms with Gasteiger partial charge in [0.25, 0.3) is 0 Å². The summed E-state index contributed by atoms with van der Waals surface area (Å²) in [5, 5.41) is 0.0530. The zero-order chi connectivity index (χ0) is 16.0. The van der Waals surface area contributed by atoms with Crippen LogP contribution < -0.4 is 0 Å². The second-order valence-corrected chi connectivity index (χ2v) is 7.20. The molecule has 0 bridgehead atoms. The number of halogens is 4. The van der Waals surface area contributed by atoms with Crippen LogP contribution in [0.1, 0.15) is 34.7 Å². The summed E-state index contributed by atoms with van der Waals surface area (Å²) in [6.07, 6.45) is -4.00. The Kier molecular flexibility index (Phi) is 2.63. The Morgan fingerprint density at radius 1 is 1.18 bits per heavy atom. The van der Waals surface area contributed by atoms with Crippen molar-refractivity contribution in [3.05, 3.63) is 22.2 Å². The van der Waals surface area contributed by atoms with Gasteiger partial charge in [-0.25, -0.2) is 9.97 Å². The highest BCUT2D eigenvalue weighted by molar-refractivity contribution is 6.32. The number of carbonyl (C=O) groups excluding carboxylic acids is 1. The second kappa shape index (κ2) is 4.02. The molecule has 0 aliphatic heterocycles. The van der Waals surface area contributed by atoms with Crippen LogP contribution in [0.5, 0.6) is 0 Å². The highest BCUT2D eigenvalue weighted by Gasteiger charge is 2.84. The van der Waals surface area contributed by atoms with Crippen molar-refractivity contribution in [1.82, 2.24) is 9.97 Å². The van der Waals surface area contributed by atoms with Crippen LogP contribution >= 0.6 is 11.6 Å². The van der Waals surface area contributed by atoms with Crippen LogP contribution in [-0.2, 0) is 0 Å². The smallest absolute Gasteiger partial charge is 0.292 e. The summed E-state index contributed by atoms with van der Waals surface area (Å²) in [5.74, 6) is -1.27. The third kappa shape index (κ3) is 1.47. The van der Waals surface area contributed by atoms with Gasteiger partial charge in [-0.1, -0.05) is 11.6 Å². The summed E-state index contributed by atoms with van der Waals surface area (Å²) in [6, 6.07) is 0. The minimum atomic E-state index is -4.14. The lowest BCUT2D eigenvalue weighted by molar-refractivity contribution is -0.407. The summed E-state index contributed by atoms with van der Waals surface area (Å²) in [5.41, 5.74) is -0.117. The van der Waals surface area contributed by atoms with Gasteiger partial charge in [-0.05, 0) is 44.4 Å². The Bertz CT molecular complexity index is 689. The van der Waals surface area contributed by atoms with Crippen molar-refractivity contribution in [3.8, 4) is 0 Å². The number of ketones is 1. The van der Waals surface area contributed by atoms with E-state index in [0.29, 0.717) is 11.4 Å². The van der Waals surface area contributed by atoms with Crippen LogP contribution in [0.15, 0.2) is 0 Å². The fraction of sp³-hybridized carbons (Fsp3) is 0.667. The molecule has 118 valence electrons. The fourth-order valence-electron chi connectivity index (χ4n) is 4.84. The number of carbonyl (C=O) groups is 1. The molecule has 3 saturated carbocycles. The number of hydrogen-bond acceptors (Lipinski definition) is 3. The van der Waals surface area contributed by atoms with E-state index in [1.807, 2.05) is 0 Å². The Balaban J connectivity index is 1.58. The van der Waals surface area contributed by atoms with Gasteiger partial charge in [0.05, 0.1) is 16.8 Å². The number of hydrogen-bond donors (Lipinski definition) is 0. The highest BCUT2D eigenvalue weighted by atomic mass is 35.5. The summed E-state index contributed by atoms with van der Waals surface area (Å²) in [6.45, 7) is 3.48. The highest BCUT2D eigenvalue weighted by Crippen LogP contribution is 2.83. The van der Waals surface area contributed by atoms with E-state index in [-0.39, 0.29) is 53.1 Å². The number of aryl methyl sites for hydroxylation is 2. The van der Waals surface area contributed by atoms with E-state index in [0.717, 1.165) is 0 Å². The van der Waals surface area contributed by atoms with E-state index in [4.69, 9.17) is 11.6 Å². The molecule has 3 aliphatic carbocycles. The lowest BCUT2D eigenvalue weighted by Gasteiger charge is -2.78. The third-order valence-corrected chi connectivity index (χ3v) is 6.31. The van der Waals surface area contributed by atoms with E-state index >= 15 is 0 Å². The van der Waals surface area contributed by atoms with Crippen molar-refractivity contribution in [2.45, 2.75) is 32.9 Å². The van der Waals surface area contributed by atoms with Gasteiger partial charge in [-0.2, -0.15) is 13.2 Å². The lowest BCUT2D eigenvalue weighted by atomic mass is 9.25. The first-order chi connectivity index (χ1) is 10.2. The van der Waals surface area contributed by atoms with E-state index in [9.17, 15) is 18.0 Å². The number of rotatable bonds is 2. The predicted molar refractivity (Wildman–Crippen MR) is 72.5 cm³/mol. The summed E-state index contributed by atoms with van der Waals surface area (Å²) < 4.78 is 39.2. The average molecular weight is 331 g/mol. The van der Waals surface area contributed by atoms with Gasteiger partial charge in [0.1, 0.15) is 5.69 Å². The van der Waals surface area contributed by atoms with Gasteiger partial charge in [0.15, 0.2) is 10.9 Å². The first-order valence-corrected chi connectivity index (χ1v) is 7.67. The van der Waals surface area contributed by atoms with Crippen molar-refractivity contribution < 1.29 is 18.0 Å². The fourth-order valence-corrected chi connectivity index (χ4v) is 5.10. The van der Waals surface area contributed by atoms with Crippen molar-refractivity contribution in [2.24, 2.45) is 29.1 Å². The lowest BCUT2D eigenvalue weighted by Crippen LogP contribution is -2.79. The van der Waals surface area contributed by atoms with E-state index in [2.05, 4.69) is 9.97 Å². The van der Waals surface area contributed by atoms with Crippen molar-refractivity contribution in [2.75, 3.05) is 0 Å². The van der Waals surface area contributed by atoms with E-state index in [1.165, 1.54) is 0 Å². The number of nitrogens with zero attached hydrogens (tertiary/aromatic N) is 2. The molecular formula is C15H14ClF3N2O. The molecule has 3 aliphatic rings. The molecule has 0 amide bonds. The van der Waals surface area contributed by atoms with Crippen molar-refractivity contribution in [3.63, 3.8) is 0 Å². The van der Waals surface area contributed by atoms with E-state index < -0.39 is 11.6 Å². The monoisotopic (exact) mass is 330 g/mol. The molecule has 7 heteroatoms. The van der Waals surface area contributed by atoms with Gasteiger partial charge in [-0.3, -0.25) is 4.79 Å². The molecule has 3 nitrogen and oxygen atoms in total. The Hall–Kier alpha value is -1.17. The Morgan fingerprint density at radius 3 is 2.23 bits per heavy atom. The number of aromatic nitrogens is 2. The maximum absolute atomic E-state index is 13.1. The van der Waals surface area contributed by atoms with Crippen LogP contribution in [0.2, 0.25) is 5.15 Å². The van der Waals surface area contributed by atoms with Crippen LogP contribution in [-0.4, -0.2) is 21.9 Å². The summed E-state index contributed by atoms with van der Waals surface area (Å²) >= 11 is 6.01. The molecule has 22 heavy (non-hydrogen) atoms. The van der Waals surface area contributed by atoms with Gasteiger partial charge in [0, 0.05) is 5.92 Å². The SMILES string of the molecule is Cc1nc(Cl)c(C(=O)C2C3CC4(C(F)(F)F)CC2C34)nc1C. The summed E-state index contributed by atoms with van der Waals surface area (Å²) in [7, 11) is 0. The minimum absolute atomic E-state index is 0.0530. The zero-order valence-corrected chi connectivity index (χ0v) is 12.8. The minimum Gasteiger partial charge on any atom is -0.292 e. The van der Waals surface area contributed by atoms with Crippen LogP contribution in [0.25, 0.3) is 0 Å². The molecule has 0 saturated heterocycles. The molecule has 2 unspecified atom stereocenters. The number of alkyl halides is 3. The first kappa shape index (κ1) is 14.4. The normalized spacial score (nSPS) is 38.5. The van der Waals surface area contributed by atoms with Crippen LogP contribution in [0.3, 0.4) is 0 Å². The predicted octanol–water partition coefficient (Wildman–Crippen LogP) is 3.76. The molecular weight excluding hydrogens is 317 g/mol. The summed E-state index contributed by atoms with van der Waals surface area (Å²) in [4.78, 5) is 20.9. The maximum Gasteiger partial charge on any atom is 0.394 e.